The smallest absolute Gasteiger partial charge is 0.223 e. The molecule has 0 spiro atoms. The summed E-state index contributed by atoms with van der Waals surface area (Å²) >= 11 is 5.97. The first-order valence-corrected chi connectivity index (χ1v) is 6.57. The maximum absolute atomic E-state index is 10.1. The number of aliphatic hydroxyl groups is 2. The number of aromatic nitrogens is 4. The lowest BCUT2D eigenvalue weighted by atomic mass is 10.1. The first-order valence-electron chi connectivity index (χ1n) is 6.19. The number of imidazole rings is 1. The number of fused-ring (bicyclic) bond motifs is 1. The van der Waals surface area contributed by atoms with Gasteiger partial charge in [-0.1, -0.05) is 11.6 Å². The van der Waals surface area contributed by atoms with E-state index in [2.05, 4.69) is 15.0 Å². The molecule has 21 heavy (non-hydrogen) atoms. The van der Waals surface area contributed by atoms with Crippen LogP contribution in [0.25, 0.3) is 11.2 Å². The number of aliphatic hydroxyl groups excluding tert-OH is 2. The van der Waals surface area contributed by atoms with Crippen molar-refractivity contribution < 1.29 is 19.7 Å². The van der Waals surface area contributed by atoms with Crippen molar-refractivity contribution in [2.24, 2.45) is 0 Å². The van der Waals surface area contributed by atoms with E-state index in [1.807, 2.05) is 0 Å². The Hall–Kier alpha value is -1.52. The van der Waals surface area contributed by atoms with Crippen LogP contribution in [0.3, 0.4) is 0 Å². The van der Waals surface area contributed by atoms with Crippen LogP contribution in [0.1, 0.15) is 6.23 Å². The summed E-state index contributed by atoms with van der Waals surface area (Å²) < 4.78 is 12.4. The van der Waals surface area contributed by atoms with Gasteiger partial charge in [-0.3, -0.25) is 4.57 Å². The molecule has 114 valence electrons. The summed E-state index contributed by atoms with van der Waals surface area (Å²) in [4.78, 5) is 12.0. The Balaban J connectivity index is 2.08. The highest BCUT2D eigenvalue weighted by Gasteiger charge is 2.45. The topological polar surface area (TPSA) is 129 Å². The molecule has 2 aromatic heterocycles. The first-order chi connectivity index (χ1) is 10.1. The molecule has 1 aliphatic rings. The highest BCUT2D eigenvalue weighted by molar-refractivity contribution is 6.33. The minimum Gasteiger partial charge on any atom is -0.394 e. The molecule has 0 aromatic carbocycles. The third-order valence-corrected chi connectivity index (χ3v) is 3.70. The van der Waals surface area contributed by atoms with E-state index in [-0.39, 0.29) is 17.7 Å². The Labute approximate surface area is 124 Å². The highest BCUT2D eigenvalue weighted by atomic mass is 35.5. The van der Waals surface area contributed by atoms with Crippen LogP contribution >= 0.6 is 11.6 Å². The van der Waals surface area contributed by atoms with Gasteiger partial charge in [-0.25, -0.2) is 4.98 Å². The molecule has 0 radical (unpaired) electrons. The van der Waals surface area contributed by atoms with Crippen LogP contribution in [0.2, 0.25) is 5.15 Å². The van der Waals surface area contributed by atoms with E-state index in [0.717, 1.165) is 0 Å². The number of nitrogens with two attached hydrogens (primary N) is 1. The van der Waals surface area contributed by atoms with Crippen LogP contribution in [-0.4, -0.2) is 61.8 Å². The Kier molecular flexibility index (Phi) is 3.68. The lowest BCUT2D eigenvalue weighted by Crippen LogP contribution is -2.34. The maximum Gasteiger partial charge on any atom is 0.223 e. The molecule has 1 unspecified atom stereocenters. The van der Waals surface area contributed by atoms with Crippen molar-refractivity contribution >= 4 is 28.7 Å². The summed E-state index contributed by atoms with van der Waals surface area (Å²) in [7, 11) is 1.44. The normalized spacial score (nSPS) is 29.3. The standard InChI is InChI=1S/C11H14ClN5O4/c1-20-7-6(19)4(2-18)21-10(7)17-3-14-5-8(12)15-11(13)16-9(5)17/h3-4,6-7,10,18-19H,2H2,1H3,(H2,13,15,16)/t4-,6?,7+,10-/m1/s1. The highest BCUT2D eigenvalue weighted by Crippen LogP contribution is 2.33. The fourth-order valence-electron chi connectivity index (χ4n) is 2.43. The quantitative estimate of drug-likeness (QED) is 0.636. The molecule has 0 bridgehead atoms. The van der Waals surface area contributed by atoms with Crippen LogP contribution in [-0.2, 0) is 9.47 Å². The third-order valence-electron chi connectivity index (χ3n) is 3.44. The molecule has 3 rings (SSSR count). The van der Waals surface area contributed by atoms with Gasteiger partial charge in [-0.2, -0.15) is 9.97 Å². The minimum atomic E-state index is -0.975. The van der Waals surface area contributed by atoms with E-state index in [1.165, 1.54) is 13.4 Å². The second-order valence-electron chi connectivity index (χ2n) is 4.64. The van der Waals surface area contributed by atoms with E-state index in [9.17, 15) is 10.2 Å². The van der Waals surface area contributed by atoms with Crippen molar-refractivity contribution in [1.82, 2.24) is 19.5 Å². The van der Waals surface area contributed by atoms with Gasteiger partial charge in [0, 0.05) is 7.11 Å². The minimum absolute atomic E-state index is 0.000436. The number of ether oxygens (including phenoxy) is 2. The molecule has 1 saturated heterocycles. The molecule has 1 fully saturated rings. The molecule has 3 heterocycles. The molecule has 4 atom stereocenters. The fraction of sp³-hybridized carbons (Fsp3) is 0.545. The molecule has 0 saturated carbocycles. The summed E-state index contributed by atoms with van der Waals surface area (Å²) in [5.74, 6) is 0.000436. The van der Waals surface area contributed by atoms with Gasteiger partial charge in [0.1, 0.15) is 23.8 Å². The van der Waals surface area contributed by atoms with E-state index < -0.39 is 24.5 Å². The van der Waals surface area contributed by atoms with Gasteiger partial charge in [0.25, 0.3) is 0 Å². The van der Waals surface area contributed by atoms with Gasteiger partial charge in [0.2, 0.25) is 5.95 Å². The van der Waals surface area contributed by atoms with E-state index in [0.29, 0.717) is 11.2 Å². The Morgan fingerprint density at radius 1 is 1.52 bits per heavy atom. The van der Waals surface area contributed by atoms with E-state index in [1.54, 1.807) is 4.57 Å². The predicted molar refractivity (Wildman–Crippen MR) is 72.5 cm³/mol. The van der Waals surface area contributed by atoms with Gasteiger partial charge in [0.15, 0.2) is 17.0 Å². The number of nitrogens with zero attached hydrogens (tertiary/aromatic N) is 4. The van der Waals surface area contributed by atoms with Crippen LogP contribution in [0.15, 0.2) is 6.33 Å². The number of anilines is 1. The molecular formula is C11H14ClN5O4. The summed E-state index contributed by atoms with van der Waals surface area (Å²) in [5, 5.41) is 19.4. The summed E-state index contributed by atoms with van der Waals surface area (Å²) in [6, 6.07) is 0. The summed E-state index contributed by atoms with van der Waals surface area (Å²) in [6.07, 6.45) is -1.68. The number of methoxy groups -OCH3 is 1. The monoisotopic (exact) mass is 315 g/mol. The number of hydrogen-bond acceptors (Lipinski definition) is 8. The second-order valence-corrected chi connectivity index (χ2v) is 4.99. The van der Waals surface area contributed by atoms with Crippen molar-refractivity contribution in [3.8, 4) is 0 Å². The number of halogens is 1. The van der Waals surface area contributed by atoms with Gasteiger partial charge in [0.05, 0.1) is 12.9 Å². The molecule has 2 aromatic rings. The van der Waals surface area contributed by atoms with Gasteiger partial charge in [-0.05, 0) is 0 Å². The molecule has 1 aliphatic heterocycles. The molecule has 0 amide bonds. The number of hydrogen-bond donors (Lipinski definition) is 3. The first kappa shape index (κ1) is 14.4. The van der Waals surface area contributed by atoms with Crippen molar-refractivity contribution in [3.05, 3.63) is 11.5 Å². The van der Waals surface area contributed by atoms with Gasteiger partial charge < -0.3 is 25.4 Å². The Bertz CT molecular complexity index is 665. The average molecular weight is 316 g/mol. The van der Waals surface area contributed by atoms with Crippen molar-refractivity contribution in [1.29, 1.82) is 0 Å². The Morgan fingerprint density at radius 3 is 2.95 bits per heavy atom. The lowest BCUT2D eigenvalue weighted by Gasteiger charge is -2.19. The van der Waals surface area contributed by atoms with Crippen LogP contribution < -0.4 is 5.73 Å². The van der Waals surface area contributed by atoms with Crippen molar-refractivity contribution in [2.45, 2.75) is 24.5 Å². The van der Waals surface area contributed by atoms with E-state index in [4.69, 9.17) is 26.8 Å². The zero-order valence-electron chi connectivity index (χ0n) is 11.0. The zero-order chi connectivity index (χ0) is 15.1. The van der Waals surface area contributed by atoms with Crippen LogP contribution in [0, 0.1) is 0 Å². The largest absolute Gasteiger partial charge is 0.394 e. The van der Waals surface area contributed by atoms with Crippen LogP contribution in [0.4, 0.5) is 5.95 Å². The van der Waals surface area contributed by atoms with Gasteiger partial charge in [-0.15, -0.1) is 0 Å². The number of rotatable bonds is 3. The second kappa shape index (κ2) is 5.35. The SMILES string of the molecule is CO[C@H]1C(O)[C@@H](CO)O[C@H]1n1cnc2c(Cl)nc(N)nc21. The number of nitrogen functional groups attached to an aromatic ring is 1. The third kappa shape index (κ3) is 2.23. The Morgan fingerprint density at radius 2 is 2.29 bits per heavy atom. The molecular weight excluding hydrogens is 302 g/mol. The van der Waals surface area contributed by atoms with Crippen molar-refractivity contribution in [3.63, 3.8) is 0 Å². The summed E-state index contributed by atoms with van der Waals surface area (Å²) in [5.41, 5.74) is 6.32. The fourth-order valence-corrected chi connectivity index (χ4v) is 2.65. The molecule has 0 aliphatic carbocycles. The van der Waals surface area contributed by atoms with E-state index >= 15 is 0 Å². The predicted octanol–water partition coefficient (Wildman–Crippen LogP) is -0.672. The lowest BCUT2D eigenvalue weighted by molar-refractivity contribution is -0.0583. The average Bonchev–Trinajstić information content (AvgIpc) is 2.99. The molecule has 10 heteroatoms. The molecule has 4 N–H and O–H groups in total. The molecule has 9 nitrogen and oxygen atoms in total. The zero-order valence-corrected chi connectivity index (χ0v) is 11.8. The summed E-state index contributed by atoms with van der Waals surface area (Å²) in [6.45, 7) is -0.331. The van der Waals surface area contributed by atoms with Gasteiger partial charge >= 0.3 is 0 Å². The van der Waals surface area contributed by atoms with Crippen LogP contribution in [0.5, 0.6) is 0 Å². The van der Waals surface area contributed by atoms with Crippen molar-refractivity contribution in [2.75, 3.05) is 19.5 Å². The maximum atomic E-state index is 10.1.